The van der Waals surface area contributed by atoms with E-state index in [1.807, 2.05) is 20.8 Å². The maximum atomic E-state index is 12.8. The summed E-state index contributed by atoms with van der Waals surface area (Å²) < 4.78 is 38.3. The first-order valence-corrected chi connectivity index (χ1v) is 6.23. The SMILES string of the molecule is CCCC(C)(C)Nc1cc(C(F)(F)F)cc(NC)n1. The van der Waals surface area contributed by atoms with Gasteiger partial charge >= 0.3 is 6.18 Å². The van der Waals surface area contributed by atoms with Gasteiger partial charge < -0.3 is 10.6 Å². The highest BCUT2D eigenvalue weighted by molar-refractivity contribution is 5.50. The lowest BCUT2D eigenvalue weighted by atomic mass is 9.99. The summed E-state index contributed by atoms with van der Waals surface area (Å²) in [5.41, 5.74) is -1.00. The Balaban J connectivity index is 3.07. The minimum Gasteiger partial charge on any atom is -0.373 e. The molecule has 0 saturated carbocycles. The lowest BCUT2D eigenvalue weighted by molar-refractivity contribution is -0.137. The van der Waals surface area contributed by atoms with Crippen LogP contribution in [-0.4, -0.2) is 17.6 Å². The van der Waals surface area contributed by atoms with Gasteiger partial charge in [0.25, 0.3) is 0 Å². The zero-order valence-electron chi connectivity index (χ0n) is 11.7. The van der Waals surface area contributed by atoms with Gasteiger partial charge in [-0.05, 0) is 32.4 Å². The van der Waals surface area contributed by atoms with Crippen molar-refractivity contribution in [3.8, 4) is 0 Å². The summed E-state index contributed by atoms with van der Waals surface area (Å²) in [4.78, 5) is 4.11. The zero-order chi connectivity index (χ0) is 14.7. The molecule has 0 aromatic carbocycles. The maximum Gasteiger partial charge on any atom is 0.416 e. The third-order valence-electron chi connectivity index (χ3n) is 2.75. The fourth-order valence-corrected chi connectivity index (χ4v) is 1.92. The highest BCUT2D eigenvalue weighted by atomic mass is 19.4. The summed E-state index contributed by atoms with van der Waals surface area (Å²) in [7, 11) is 1.55. The van der Waals surface area contributed by atoms with Gasteiger partial charge in [0.15, 0.2) is 0 Å². The first-order valence-electron chi connectivity index (χ1n) is 6.23. The predicted molar refractivity (Wildman–Crippen MR) is 71.4 cm³/mol. The summed E-state index contributed by atoms with van der Waals surface area (Å²) in [5.74, 6) is 0.433. The molecule has 0 aliphatic rings. The van der Waals surface area contributed by atoms with Crippen molar-refractivity contribution in [1.82, 2.24) is 4.98 Å². The molecule has 2 N–H and O–H groups in total. The molecule has 108 valence electrons. The van der Waals surface area contributed by atoms with E-state index in [0.29, 0.717) is 0 Å². The van der Waals surface area contributed by atoms with Gasteiger partial charge in [0, 0.05) is 12.6 Å². The van der Waals surface area contributed by atoms with E-state index in [1.165, 1.54) is 0 Å². The van der Waals surface area contributed by atoms with Crippen molar-refractivity contribution in [3.63, 3.8) is 0 Å². The molecule has 0 radical (unpaired) electrons. The van der Waals surface area contributed by atoms with Crippen molar-refractivity contribution >= 4 is 11.6 Å². The van der Waals surface area contributed by atoms with Gasteiger partial charge in [0.1, 0.15) is 11.6 Å². The Morgan fingerprint density at radius 3 is 2.21 bits per heavy atom. The second kappa shape index (κ2) is 5.67. The van der Waals surface area contributed by atoms with E-state index in [9.17, 15) is 13.2 Å². The Labute approximate surface area is 111 Å². The van der Waals surface area contributed by atoms with Crippen molar-refractivity contribution in [3.05, 3.63) is 17.7 Å². The first kappa shape index (κ1) is 15.6. The van der Waals surface area contributed by atoms with Gasteiger partial charge in [0.05, 0.1) is 5.56 Å². The Bertz CT molecular complexity index is 428. The second-order valence-corrected chi connectivity index (χ2v) is 5.13. The lowest BCUT2D eigenvalue weighted by Gasteiger charge is -2.27. The van der Waals surface area contributed by atoms with E-state index in [2.05, 4.69) is 15.6 Å². The highest BCUT2D eigenvalue weighted by Crippen LogP contribution is 2.32. The van der Waals surface area contributed by atoms with Gasteiger partial charge in [0.2, 0.25) is 0 Å². The van der Waals surface area contributed by atoms with Crippen LogP contribution in [0.4, 0.5) is 24.8 Å². The van der Waals surface area contributed by atoms with Gasteiger partial charge in [-0.2, -0.15) is 13.2 Å². The van der Waals surface area contributed by atoms with E-state index in [4.69, 9.17) is 0 Å². The van der Waals surface area contributed by atoms with E-state index in [1.54, 1.807) is 7.05 Å². The van der Waals surface area contributed by atoms with E-state index in [-0.39, 0.29) is 17.2 Å². The first-order chi connectivity index (χ1) is 8.68. The van der Waals surface area contributed by atoms with Gasteiger partial charge in [-0.25, -0.2) is 4.98 Å². The fraction of sp³-hybridized carbons (Fsp3) is 0.615. The van der Waals surface area contributed by atoms with Crippen LogP contribution in [0.15, 0.2) is 12.1 Å². The molecule has 0 spiro atoms. The van der Waals surface area contributed by atoms with Crippen LogP contribution in [0.3, 0.4) is 0 Å². The molecule has 0 unspecified atom stereocenters. The molecule has 1 aromatic heterocycles. The maximum absolute atomic E-state index is 12.8. The molecule has 6 heteroatoms. The van der Waals surface area contributed by atoms with Crippen LogP contribution in [0.25, 0.3) is 0 Å². The van der Waals surface area contributed by atoms with Crippen molar-refractivity contribution in [2.45, 2.75) is 45.3 Å². The number of hydrogen-bond donors (Lipinski definition) is 2. The Hall–Kier alpha value is -1.46. The molecule has 1 heterocycles. The molecule has 1 rings (SSSR count). The van der Waals surface area contributed by atoms with Crippen LogP contribution in [-0.2, 0) is 6.18 Å². The second-order valence-electron chi connectivity index (χ2n) is 5.13. The number of nitrogens with zero attached hydrogens (tertiary/aromatic N) is 1. The largest absolute Gasteiger partial charge is 0.416 e. The van der Waals surface area contributed by atoms with E-state index < -0.39 is 11.7 Å². The molecule has 19 heavy (non-hydrogen) atoms. The number of aromatic nitrogens is 1. The quantitative estimate of drug-likeness (QED) is 0.848. The number of nitrogens with one attached hydrogen (secondary N) is 2. The van der Waals surface area contributed by atoms with E-state index >= 15 is 0 Å². The van der Waals surface area contributed by atoms with Crippen LogP contribution < -0.4 is 10.6 Å². The third-order valence-corrected chi connectivity index (χ3v) is 2.75. The predicted octanol–water partition coefficient (Wildman–Crippen LogP) is 4.13. The molecular formula is C13H20F3N3. The Morgan fingerprint density at radius 2 is 1.74 bits per heavy atom. The number of hydrogen-bond acceptors (Lipinski definition) is 3. The molecule has 0 aliphatic heterocycles. The number of rotatable bonds is 5. The highest BCUT2D eigenvalue weighted by Gasteiger charge is 2.32. The summed E-state index contributed by atoms with van der Waals surface area (Å²) in [6.45, 7) is 5.91. The smallest absolute Gasteiger partial charge is 0.373 e. The molecule has 0 aliphatic carbocycles. The monoisotopic (exact) mass is 275 g/mol. The number of halogens is 3. The van der Waals surface area contributed by atoms with Crippen LogP contribution in [0, 0.1) is 0 Å². The number of anilines is 2. The van der Waals surface area contributed by atoms with Crippen LogP contribution >= 0.6 is 0 Å². The lowest BCUT2D eigenvalue weighted by Crippen LogP contribution is -2.31. The van der Waals surface area contributed by atoms with Crippen LogP contribution in [0.2, 0.25) is 0 Å². The van der Waals surface area contributed by atoms with Crippen molar-refractivity contribution in [2.24, 2.45) is 0 Å². The molecule has 0 saturated heterocycles. The van der Waals surface area contributed by atoms with Gasteiger partial charge in [-0.15, -0.1) is 0 Å². The molecule has 1 aromatic rings. The molecule has 3 nitrogen and oxygen atoms in total. The summed E-state index contributed by atoms with van der Waals surface area (Å²) >= 11 is 0. The Kier molecular flexibility index (Phi) is 4.66. The summed E-state index contributed by atoms with van der Waals surface area (Å²) in [6, 6.07) is 2.04. The van der Waals surface area contributed by atoms with Crippen LogP contribution in [0.1, 0.15) is 39.2 Å². The molecule has 0 fully saturated rings. The minimum absolute atomic E-state index is 0.199. The zero-order valence-corrected chi connectivity index (χ0v) is 11.7. The summed E-state index contributed by atoms with van der Waals surface area (Å²) in [5, 5.41) is 5.70. The van der Waals surface area contributed by atoms with Crippen molar-refractivity contribution in [1.29, 1.82) is 0 Å². The minimum atomic E-state index is -4.38. The van der Waals surface area contributed by atoms with Gasteiger partial charge in [-0.1, -0.05) is 13.3 Å². The average Bonchev–Trinajstić information content (AvgIpc) is 2.26. The van der Waals surface area contributed by atoms with Crippen molar-refractivity contribution < 1.29 is 13.2 Å². The van der Waals surface area contributed by atoms with Crippen LogP contribution in [0.5, 0.6) is 0 Å². The normalized spacial score (nSPS) is 12.4. The number of alkyl halides is 3. The summed E-state index contributed by atoms with van der Waals surface area (Å²) in [6.07, 6.45) is -2.59. The Morgan fingerprint density at radius 1 is 1.16 bits per heavy atom. The fourth-order valence-electron chi connectivity index (χ4n) is 1.92. The van der Waals surface area contributed by atoms with Gasteiger partial charge in [-0.3, -0.25) is 0 Å². The molecular weight excluding hydrogens is 255 g/mol. The molecule has 0 bridgehead atoms. The van der Waals surface area contributed by atoms with E-state index in [0.717, 1.165) is 25.0 Å². The van der Waals surface area contributed by atoms with Crippen molar-refractivity contribution in [2.75, 3.05) is 17.7 Å². The topological polar surface area (TPSA) is 37.0 Å². The third kappa shape index (κ3) is 4.61. The number of pyridine rings is 1. The standard InChI is InChI=1S/C13H20F3N3/c1-5-6-12(2,3)19-11-8-9(13(14,15)16)7-10(17-4)18-11/h7-8H,5-6H2,1-4H3,(H2,17,18,19). The average molecular weight is 275 g/mol. The molecule has 0 atom stereocenters. The molecule has 0 amide bonds.